The first-order valence-electron chi connectivity index (χ1n) is 11.0. The van der Waals surface area contributed by atoms with Gasteiger partial charge in [-0.25, -0.2) is 4.68 Å². The van der Waals surface area contributed by atoms with E-state index in [1.807, 2.05) is 68.4 Å². The largest absolute Gasteiger partial charge is 0.344 e. The van der Waals surface area contributed by atoms with Gasteiger partial charge in [0.2, 0.25) is 5.91 Å². The number of rotatable bonds is 5. The molecule has 166 valence electrons. The molecule has 0 radical (unpaired) electrons. The van der Waals surface area contributed by atoms with Gasteiger partial charge in [-0.1, -0.05) is 23.4 Å². The molecule has 0 aliphatic carbocycles. The van der Waals surface area contributed by atoms with Crippen molar-refractivity contribution >= 4 is 28.4 Å². The van der Waals surface area contributed by atoms with Gasteiger partial charge in [0.15, 0.2) is 5.69 Å². The van der Waals surface area contributed by atoms with Crippen LogP contribution < -0.4 is 10.2 Å². The summed E-state index contributed by atoms with van der Waals surface area (Å²) in [6.07, 6.45) is 3.20. The highest BCUT2D eigenvalue weighted by molar-refractivity contribution is 5.96. The van der Waals surface area contributed by atoms with E-state index in [4.69, 9.17) is 0 Å². The van der Waals surface area contributed by atoms with Crippen LogP contribution in [0.1, 0.15) is 47.6 Å². The standard InChI is InChI=1S/C25H24N6O2/c1-16(18-7-3-8-19(15-18)30-14-6-12-23(30)32)27-25(33)24-17(2)31(29-28-24)22-11-4-10-21-20(22)9-5-13-26-21/h3-5,7-11,13,15-16H,6,12,14H2,1-2H3,(H,27,33). The molecule has 8 nitrogen and oxygen atoms in total. The fourth-order valence-corrected chi connectivity index (χ4v) is 4.27. The first-order valence-corrected chi connectivity index (χ1v) is 11.0. The fourth-order valence-electron chi connectivity index (χ4n) is 4.27. The second-order valence-corrected chi connectivity index (χ2v) is 8.22. The quantitative estimate of drug-likeness (QED) is 0.510. The molecule has 1 aliphatic heterocycles. The molecule has 2 aromatic carbocycles. The molecule has 4 aromatic rings. The van der Waals surface area contributed by atoms with E-state index in [2.05, 4.69) is 20.6 Å². The molecule has 0 bridgehead atoms. The minimum Gasteiger partial charge on any atom is -0.344 e. The highest BCUT2D eigenvalue weighted by Gasteiger charge is 2.23. The Bertz CT molecular complexity index is 1360. The fraction of sp³-hybridized carbons (Fsp3) is 0.240. The van der Waals surface area contributed by atoms with E-state index in [1.54, 1.807) is 15.8 Å². The molecule has 1 aliphatic rings. The number of fused-ring (bicyclic) bond motifs is 1. The minimum absolute atomic E-state index is 0.139. The van der Waals surface area contributed by atoms with Gasteiger partial charge in [-0.05, 0) is 62.2 Å². The summed E-state index contributed by atoms with van der Waals surface area (Å²) >= 11 is 0. The summed E-state index contributed by atoms with van der Waals surface area (Å²) in [5, 5.41) is 12.4. The van der Waals surface area contributed by atoms with E-state index in [9.17, 15) is 9.59 Å². The Kier molecular flexibility index (Phi) is 5.34. The van der Waals surface area contributed by atoms with Crippen LogP contribution in [-0.2, 0) is 4.79 Å². The van der Waals surface area contributed by atoms with Crippen LogP contribution in [0.15, 0.2) is 60.8 Å². The number of pyridine rings is 1. The number of carbonyl (C=O) groups excluding carboxylic acids is 2. The predicted octanol–water partition coefficient (Wildman–Crippen LogP) is 3.74. The third-order valence-corrected chi connectivity index (χ3v) is 6.06. The lowest BCUT2D eigenvalue weighted by molar-refractivity contribution is -0.117. The zero-order chi connectivity index (χ0) is 22.9. The molecule has 0 saturated carbocycles. The second-order valence-electron chi connectivity index (χ2n) is 8.22. The summed E-state index contributed by atoms with van der Waals surface area (Å²) in [6, 6.07) is 17.1. The molecule has 33 heavy (non-hydrogen) atoms. The maximum atomic E-state index is 13.0. The first-order chi connectivity index (χ1) is 16.0. The van der Waals surface area contributed by atoms with E-state index in [0.717, 1.165) is 40.8 Å². The van der Waals surface area contributed by atoms with Gasteiger partial charge in [0.25, 0.3) is 5.91 Å². The Labute approximate surface area is 191 Å². The Morgan fingerprint density at radius 3 is 2.79 bits per heavy atom. The number of aromatic nitrogens is 4. The lowest BCUT2D eigenvalue weighted by atomic mass is 10.1. The number of benzene rings is 2. The number of amides is 2. The van der Waals surface area contributed by atoms with Gasteiger partial charge < -0.3 is 10.2 Å². The average molecular weight is 441 g/mol. The smallest absolute Gasteiger partial charge is 0.274 e. The highest BCUT2D eigenvalue weighted by atomic mass is 16.2. The molecule has 2 amide bonds. The van der Waals surface area contributed by atoms with Crippen LogP contribution in [0, 0.1) is 6.92 Å². The summed E-state index contributed by atoms with van der Waals surface area (Å²) in [7, 11) is 0. The minimum atomic E-state index is -0.299. The van der Waals surface area contributed by atoms with Gasteiger partial charge in [-0.2, -0.15) is 0 Å². The van der Waals surface area contributed by atoms with Crippen LogP contribution in [-0.4, -0.2) is 38.3 Å². The molecule has 1 saturated heterocycles. The van der Waals surface area contributed by atoms with Crippen molar-refractivity contribution in [1.29, 1.82) is 0 Å². The summed E-state index contributed by atoms with van der Waals surface area (Å²) in [4.78, 5) is 31.3. The van der Waals surface area contributed by atoms with Crippen LogP contribution in [0.4, 0.5) is 5.69 Å². The number of nitrogens with zero attached hydrogens (tertiary/aromatic N) is 5. The molecular formula is C25H24N6O2. The van der Waals surface area contributed by atoms with Gasteiger partial charge in [0.1, 0.15) is 0 Å². The molecule has 1 unspecified atom stereocenters. The molecule has 1 fully saturated rings. The second kappa shape index (κ2) is 8.46. The molecule has 1 N–H and O–H groups in total. The topological polar surface area (TPSA) is 93.0 Å². The number of hydrogen-bond donors (Lipinski definition) is 1. The number of anilines is 1. The Balaban J connectivity index is 1.38. The third-order valence-electron chi connectivity index (χ3n) is 6.06. The first kappa shape index (κ1) is 20.8. The maximum Gasteiger partial charge on any atom is 0.274 e. The Morgan fingerprint density at radius 1 is 1.12 bits per heavy atom. The molecule has 8 heteroatoms. The van der Waals surface area contributed by atoms with Crippen LogP contribution in [0.5, 0.6) is 0 Å². The molecular weight excluding hydrogens is 416 g/mol. The van der Waals surface area contributed by atoms with Crippen molar-refractivity contribution in [3.8, 4) is 5.69 Å². The number of hydrogen-bond acceptors (Lipinski definition) is 5. The Hall–Kier alpha value is -4.07. The van der Waals surface area contributed by atoms with Crippen molar-refractivity contribution in [3.63, 3.8) is 0 Å². The van der Waals surface area contributed by atoms with Crippen molar-refractivity contribution in [2.24, 2.45) is 0 Å². The van der Waals surface area contributed by atoms with Crippen molar-refractivity contribution in [2.45, 2.75) is 32.7 Å². The molecule has 2 aromatic heterocycles. The third kappa shape index (κ3) is 3.84. The van der Waals surface area contributed by atoms with Gasteiger partial charge in [-0.3, -0.25) is 14.6 Å². The van der Waals surface area contributed by atoms with E-state index in [1.165, 1.54) is 0 Å². The van der Waals surface area contributed by atoms with E-state index >= 15 is 0 Å². The van der Waals surface area contributed by atoms with E-state index < -0.39 is 0 Å². The predicted molar refractivity (Wildman–Crippen MR) is 125 cm³/mol. The van der Waals surface area contributed by atoms with Gasteiger partial charge in [0.05, 0.1) is 22.9 Å². The number of nitrogens with one attached hydrogen (secondary N) is 1. The zero-order valence-electron chi connectivity index (χ0n) is 18.5. The zero-order valence-corrected chi connectivity index (χ0v) is 18.5. The SMILES string of the molecule is Cc1c(C(=O)NC(C)c2cccc(N3CCCC3=O)c2)nnn1-c1cccc2ncccc12. The van der Waals surface area contributed by atoms with Gasteiger partial charge >= 0.3 is 0 Å². The van der Waals surface area contributed by atoms with Gasteiger partial charge in [0, 0.05) is 30.2 Å². The summed E-state index contributed by atoms with van der Waals surface area (Å²) in [6.45, 7) is 4.47. The summed E-state index contributed by atoms with van der Waals surface area (Å²) in [5.41, 5.74) is 4.37. The van der Waals surface area contributed by atoms with Crippen molar-refractivity contribution in [2.75, 3.05) is 11.4 Å². The maximum absolute atomic E-state index is 13.0. The monoisotopic (exact) mass is 440 g/mol. The van der Waals surface area contributed by atoms with E-state index in [-0.39, 0.29) is 23.6 Å². The normalized spacial score (nSPS) is 14.6. The van der Waals surface area contributed by atoms with Crippen molar-refractivity contribution < 1.29 is 9.59 Å². The summed E-state index contributed by atoms with van der Waals surface area (Å²) in [5.74, 6) is -0.160. The van der Waals surface area contributed by atoms with Crippen molar-refractivity contribution in [3.05, 3.63) is 77.7 Å². The van der Waals surface area contributed by atoms with Crippen molar-refractivity contribution in [1.82, 2.24) is 25.3 Å². The number of carbonyl (C=O) groups is 2. The van der Waals surface area contributed by atoms with Crippen LogP contribution >= 0.6 is 0 Å². The molecule has 0 spiro atoms. The van der Waals surface area contributed by atoms with Crippen LogP contribution in [0.2, 0.25) is 0 Å². The highest BCUT2D eigenvalue weighted by Crippen LogP contribution is 2.25. The molecule has 3 heterocycles. The lowest BCUT2D eigenvalue weighted by Crippen LogP contribution is -2.28. The Morgan fingerprint density at radius 2 is 1.97 bits per heavy atom. The van der Waals surface area contributed by atoms with Crippen LogP contribution in [0.3, 0.4) is 0 Å². The van der Waals surface area contributed by atoms with E-state index in [0.29, 0.717) is 12.1 Å². The van der Waals surface area contributed by atoms with Gasteiger partial charge in [-0.15, -0.1) is 5.10 Å². The summed E-state index contributed by atoms with van der Waals surface area (Å²) < 4.78 is 1.67. The lowest BCUT2D eigenvalue weighted by Gasteiger charge is -2.19. The molecule has 1 atom stereocenters. The average Bonchev–Trinajstić information content (AvgIpc) is 3.44. The molecule has 5 rings (SSSR count). The van der Waals surface area contributed by atoms with Crippen LogP contribution in [0.25, 0.3) is 16.6 Å².